The zero-order valence-electron chi connectivity index (χ0n) is 45.8. The van der Waals surface area contributed by atoms with Crippen molar-refractivity contribution in [3.05, 3.63) is 60.8 Å². The first-order valence-corrected chi connectivity index (χ1v) is 29.8. The molecule has 0 aliphatic rings. The molecule has 6 heteroatoms. The minimum atomic E-state index is -0.782. The highest BCUT2D eigenvalue weighted by atomic mass is 16.6. The third-order valence-corrected chi connectivity index (χ3v) is 13.0. The van der Waals surface area contributed by atoms with Gasteiger partial charge in [0.15, 0.2) is 6.10 Å². The topological polar surface area (TPSA) is 78.9 Å². The Morgan fingerprint density at radius 3 is 0.913 bits per heavy atom. The number of esters is 3. The van der Waals surface area contributed by atoms with E-state index in [0.717, 1.165) is 103 Å². The summed E-state index contributed by atoms with van der Waals surface area (Å²) in [5, 5.41) is 0. The summed E-state index contributed by atoms with van der Waals surface area (Å²) >= 11 is 0. The number of hydrogen-bond donors (Lipinski definition) is 0. The van der Waals surface area contributed by atoms with Crippen LogP contribution in [0.15, 0.2) is 60.8 Å². The van der Waals surface area contributed by atoms with E-state index < -0.39 is 6.10 Å². The highest BCUT2D eigenvalue weighted by Crippen LogP contribution is 2.16. The van der Waals surface area contributed by atoms with E-state index in [1.807, 2.05) is 0 Å². The second-order valence-electron chi connectivity index (χ2n) is 19.9. The van der Waals surface area contributed by atoms with E-state index in [2.05, 4.69) is 81.5 Å². The molecule has 0 saturated heterocycles. The van der Waals surface area contributed by atoms with E-state index in [0.29, 0.717) is 19.3 Å². The predicted molar refractivity (Wildman–Crippen MR) is 298 cm³/mol. The van der Waals surface area contributed by atoms with E-state index in [9.17, 15) is 14.4 Å². The number of ether oxygens (including phenoxy) is 3. The van der Waals surface area contributed by atoms with Crippen molar-refractivity contribution in [2.45, 2.75) is 309 Å². The Kier molecular flexibility index (Phi) is 55.3. The molecule has 1 atom stereocenters. The van der Waals surface area contributed by atoms with Crippen LogP contribution in [0, 0.1) is 0 Å². The zero-order valence-corrected chi connectivity index (χ0v) is 45.8. The Morgan fingerprint density at radius 2 is 0.565 bits per heavy atom. The molecule has 0 aromatic carbocycles. The molecular weight excluding hydrogens is 853 g/mol. The fourth-order valence-electron chi connectivity index (χ4n) is 8.55. The third kappa shape index (κ3) is 55.9. The average Bonchev–Trinajstić information content (AvgIpc) is 3.35. The normalized spacial score (nSPS) is 12.4. The second kappa shape index (κ2) is 57.7. The molecule has 0 aromatic heterocycles. The summed E-state index contributed by atoms with van der Waals surface area (Å²) in [6.07, 6.45) is 72.1. The lowest BCUT2D eigenvalue weighted by Crippen LogP contribution is -2.30. The zero-order chi connectivity index (χ0) is 50.0. The molecule has 0 spiro atoms. The van der Waals surface area contributed by atoms with Gasteiger partial charge in [-0.1, -0.05) is 261 Å². The molecule has 0 radical (unpaired) electrons. The van der Waals surface area contributed by atoms with Crippen molar-refractivity contribution in [3.8, 4) is 0 Å². The van der Waals surface area contributed by atoms with Crippen LogP contribution in [0.3, 0.4) is 0 Å². The summed E-state index contributed by atoms with van der Waals surface area (Å²) in [5.41, 5.74) is 0. The maximum Gasteiger partial charge on any atom is 0.306 e. The lowest BCUT2D eigenvalue weighted by molar-refractivity contribution is -0.167. The summed E-state index contributed by atoms with van der Waals surface area (Å²) < 4.78 is 16.9. The first-order valence-electron chi connectivity index (χ1n) is 29.8. The van der Waals surface area contributed by atoms with Crippen molar-refractivity contribution >= 4 is 17.9 Å². The van der Waals surface area contributed by atoms with E-state index in [1.54, 1.807) is 0 Å². The second-order valence-corrected chi connectivity index (χ2v) is 19.9. The monoisotopic (exact) mass is 965 g/mol. The average molecular weight is 966 g/mol. The standard InChI is InChI=1S/C63H112O6/c1-4-7-10-13-16-19-22-25-28-30-31-33-36-39-42-45-48-51-54-57-63(66)69-60(58-67-61(64)55-52-49-46-43-40-37-34-27-24-21-18-15-12-9-6-3)59-68-62(65)56-53-50-47-44-41-38-35-32-29-26-23-20-17-14-11-8-5-2/h9,12,16,18-19,21,25,27-28,34,60H,4-8,10-11,13-15,17,20,22-24,26,29-33,35-59H2,1-3H3/b12-9-,19-16-,21-18-,28-25-,34-27-/t60-/m1/s1. The lowest BCUT2D eigenvalue weighted by atomic mass is 10.0. The lowest BCUT2D eigenvalue weighted by Gasteiger charge is -2.18. The van der Waals surface area contributed by atoms with Crippen LogP contribution in [0.2, 0.25) is 0 Å². The number of carbonyl (C=O) groups is 3. The quantitative estimate of drug-likeness (QED) is 0.0262. The van der Waals surface area contributed by atoms with Gasteiger partial charge in [0.2, 0.25) is 0 Å². The van der Waals surface area contributed by atoms with Crippen LogP contribution in [0.4, 0.5) is 0 Å². The molecule has 400 valence electrons. The largest absolute Gasteiger partial charge is 0.462 e. The van der Waals surface area contributed by atoms with Gasteiger partial charge in [-0.25, -0.2) is 0 Å². The van der Waals surface area contributed by atoms with E-state index >= 15 is 0 Å². The Labute approximate surface area is 428 Å². The van der Waals surface area contributed by atoms with Crippen LogP contribution in [0.25, 0.3) is 0 Å². The van der Waals surface area contributed by atoms with Crippen molar-refractivity contribution in [3.63, 3.8) is 0 Å². The van der Waals surface area contributed by atoms with Gasteiger partial charge in [0.25, 0.3) is 0 Å². The van der Waals surface area contributed by atoms with Gasteiger partial charge in [-0.2, -0.15) is 0 Å². The maximum absolute atomic E-state index is 12.9. The number of allylic oxidation sites excluding steroid dienone is 10. The molecule has 0 saturated carbocycles. The molecule has 0 aromatic rings. The summed E-state index contributed by atoms with van der Waals surface area (Å²) in [7, 11) is 0. The minimum Gasteiger partial charge on any atom is -0.462 e. The first-order chi connectivity index (χ1) is 34.0. The van der Waals surface area contributed by atoms with Crippen LogP contribution in [-0.2, 0) is 28.6 Å². The van der Waals surface area contributed by atoms with Gasteiger partial charge >= 0.3 is 17.9 Å². The van der Waals surface area contributed by atoms with Gasteiger partial charge in [-0.05, 0) is 83.5 Å². The van der Waals surface area contributed by atoms with Gasteiger partial charge < -0.3 is 14.2 Å². The minimum absolute atomic E-state index is 0.0787. The fourth-order valence-corrected chi connectivity index (χ4v) is 8.55. The molecule has 0 fully saturated rings. The number of carbonyl (C=O) groups excluding carboxylic acids is 3. The maximum atomic E-state index is 12.9. The van der Waals surface area contributed by atoms with Crippen molar-refractivity contribution in [2.75, 3.05) is 13.2 Å². The van der Waals surface area contributed by atoms with Crippen molar-refractivity contribution in [2.24, 2.45) is 0 Å². The van der Waals surface area contributed by atoms with Crippen LogP contribution in [-0.4, -0.2) is 37.2 Å². The van der Waals surface area contributed by atoms with E-state index in [-0.39, 0.29) is 31.1 Å². The Hall–Kier alpha value is -2.89. The molecular formula is C63H112O6. The molecule has 0 aliphatic carbocycles. The number of rotatable bonds is 54. The highest BCUT2D eigenvalue weighted by molar-refractivity contribution is 5.71. The molecule has 0 unspecified atom stereocenters. The number of unbranched alkanes of at least 4 members (excludes halogenated alkanes) is 33. The molecule has 0 rings (SSSR count). The van der Waals surface area contributed by atoms with Gasteiger partial charge in [0, 0.05) is 19.3 Å². The molecule has 6 nitrogen and oxygen atoms in total. The van der Waals surface area contributed by atoms with Crippen LogP contribution in [0.1, 0.15) is 303 Å². The Morgan fingerprint density at radius 1 is 0.304 bits per heavy atom. The van der Waals surface area contributed by atoms with Crippen LogP contribution < -0.4 is 0 Å². The van der Waals surface area contributed by atoms with Crippen molar-refractivity contribution in [1.82, 2.24) is 0 Å². The predicted octanol–water partition coefficient (Wildman–Crippen LogP) is 20.0. The Balaban J connectivity index is 4.37. The van der Waals surface area contributed by atoms with Crippen LogP contribution in [0.5, 0.6) is 0 Å². The fraction of sp³-hybridized carbons (Fsp3) is 0.794. The highest BCUT2D eigenvalue weighted by Gasteiger charge is 2.19. The van der Waals surface area contributed by atoms with Gasteiger partial charge in [-0.3, -0.25) is 14.4 Å². The molecule has 0 heterocycles. The first kappa shape index (κ1) is 66.1. The van der Waals surface area contributed by atoms with E-state index in [4.69, 9.17) is 14.2 Å². The molecule has 0 amide bonds. The SMILES string of the molecule is CC/C=C\C/C=C\C/C=C\CCCCCCCC(=O)OC[C@H](COC(=O)CCCCCCCCCCCCCCCCCCC)OC(=O)CCCCCCCCCCC/C=C\C/C=C\CCCCC. The van der Waals surface area contributed by atoms with Gasteiger partial charge in [0.05, 0.1) is 0 Å². The Bertz CT molecular complexity index is 1250. The smallest absolute Gasteiger partial charge is 0.306 e. The molecule has 69 heavy (non-hydrogen) atoms. The summed E-state index contributed by atoms with van der Waals surface area (Å²) in [6, 6.07) is 0. The summed E-state index contributed by atoms with van der Waals surface area (Å²) in [6.45, 7) is 6.52. The van der Waals surface area contributed by atoms with Gasteiger partial charge in [-0.15, -0.1) is 0 Å². The van der Waals surface area contributed by atoms with Crippen molar-refractivity contribution in [1.29, 1.82) is 0 Å². The number of hydrogen-bond acceptors (Lipinski definition) is 6. The molecule has 0 aliphatic heterocycles. The van der Waals surface area contributed by atoms with Crippen molar-refractivity contribution < 1.29 is 28.6 Å². The summed E-state index contributed by atoms with van der Waals surface area (Å²) in [4.78, 5) is 38.2. The molecule has 0 bridgehead atoms. The van der Waals surface area contributed by atoms with Crippen LogP contribution >= 0.6 is 0 Å². The third-order valence-electron chi connectivity index (χ3n) is 13.0. The summed E-state index contributed by atoms with van der Waals surface area (Å²) in [5.74, 6) is -0.886. The van der Waals surface area contributed by atoms with Gasteiger partial charge in [0.1, 0.15) is 13.2 Å². The molecule has 0 N–H and O–H groups in total. The van der Waals surface area contributed by atoms with E-state index in [1.165, 1.54) is 161 Å².